The number of sulfonamides is 1. The molecular formula is C17H24N2O6S. The molecule has 1 aromatic carbocycles. The Morgan fingerprint density at radius 3 is 2.58 bits per heavy atom. The summed E-state index contributed by atoms with van der Waals surface area (Å²) in [5.74, 6) is -1.45. The number of nitrogens with zero attached hydrogens (tertiary/aromatic N) is 1. The number of nitrogens with two attached hydrogens (primary N) is 1. The molecule has 1 heterocycles. The van der Waals surface area contributed by atoms with E-state index in [4.69, 9.17) is 15.0 Å². The molecule has 3 N–H and O–H groups in total. The molecule has 0 saturated carbocycles. The van der Waals surface area contributed by atoms with Gasteiger partial charge in [0.15, 0.2) is 0 Å². The first-order valence-corrected chi connectivity index (χ1v) is 9.91. The number of primary sulfonamides is 1. The third-order valence-electron chi connectivity index (χ3n) is 4.50. The predicted molar refractivity (Wildman–Crippen MR) is 94.4 cm³/mol. The first kappa shape index (κ1) is 20.3. The molecule has 0 aliphatic carbocycles. The second-order valence-corrected chi connectivity index (χ2v) is 8.02. The number of hydrogen-bond acceptors (Lipinski definition) is 5. The zero-order valence-electron chi connectivity index (χ0n) is 14.9. The first-order chi connectivity index (χ1) is 12.1. The molecule has 144 valence electrons. The van der Waals surface area contributed by atoms with E-state index in [0.29, 0.717) is 17.7 Å². The van der Waals surface area contributed by atoms with Crippen molar-refractivity contribution in [3.63, 3.8) is 0 Å². The van der Waals surface area contributed by atoms with Crippen molar-refractivity contribution in [2.75, 3.05) is 19.7 Å². The fourth-order valence-corrected chi connectivity index (χ4v) is 3.85. The Hall–Kier alpha value is -1.97. The molecule has 8 nitrogen and oxygen atoms in total. The fraction of sp³-hybridized carbons (Fsp3) is 0.529. The lowest BCUT2D eigenvalue weighted by Gasteiger charge is -2.25. The Kier molecular flexibility index (Phi) is 6.38. The van der Waals surface area contributed by atoms with Gasteiger partial charge in [-0.3, -0.25) is 9.59 Å². The number of carbonyl (C=O) groups excluding carboxylic acids is 1. The van der Waals surface area contributed by atoms with Gasteiger partial charge in [-0.25, -0.2) is 13.6 Å². The lowest BCUT2D eigenvalue weighted by molar-refractivity contribution is -0.137. The van der Waals surface area contributed by atoms with Crippen molar-refractivity contribution in [1.29, 1.82) is 0 Å². The normalized spacial score (nSPS) is 17.3. The third kappa shape index (κ3) is 5.03. The van der Waals surface area contributed by atoms with E-state index in [1.807, 2.05) is 0 Å². The van der Waals surface area contributed by atoms with Crippen molar-refractivity contribution in [2.24, 2.45) is 5.14 Å². The van der Waals surface area contributed by atoms with Crippen molar-refractivity contribution in [2.45, 2.75) is 44.1 Å². The molecule has 1 aliphatic heterocycles. The summed E-state index contributed by atoms with van der Waals surface area (Å²) in [7, 11) is -3.98. The highest BCUT2D eigenvalue weighted by Crippen LogP contribution is 2.22. The summed E-state index contributed by atoms with van der Waals surface area (Å²) in [4.78, 5) is 25.2. The quantitative estimate of drug-likeness (QED) is 0.723. The maximum atomic E-state index is 12.9. The molecule has 0 bridgehead atoms. The van der Waals surface area contributed by atoms with Crippen LogP contribution in [0.4, 0.5) is 0 Å². The van der Waals surface area contributed by atoms with Crippen LogP contribution in [0.2, 0.25) is 0 Å². The molecule has 1 unspecified atom stereocenters. The van der Waals surface area contributed by atoms with Crippen LogP contribution >= 0.6 is 0 Å². The summed E-state index contributed by atoms with van der Waals surface area (Å²) in [5, 5.41) is 14.2. The Labute approximate surface area is 153 Å². The molecule has 0 radical (unpaired) electrons. The van der Waals surface area contributed by atoms with Gasteiger partial charge in [0.25, 0.3) is 5.91 Å². The van der Waals surface area contributed by atoms with E-state index < -0.39 is 21.9 Å². The Morgan fingerprint density at radius 2 is 2.04 bits per heavy atom. The highest BCUT2D eigenvalue weighted by Gasteiger charge is 2.25. The zero-order valence-corrected chi connectivity index (χ0v) is 15.7. The van der Waals surface area contributed by atoms with Crippen molar-refractivity contribution < 1.29 is 27.9 Å². The van der Waals surface area contributed by atoms with Gasteiger partial charge in [0.05, 0.1) is 17.4 Å². The molecule has 1 atom stereocenters. The zero-order chi connectivity index (χ0) is 19.5. The average Bonchev–Trinajstić information content (AvgIpc) is 3.05. The van der Waals surface area contributed by atoms with Crippen LogP contribution in [0.3, 0.4) is 0 Å². The second kappa shape index (κ2) is 8.15. The average molecular weight is 384 g/mol. The maximum absolute atomic E-state index is 12.9. The standard InChI is InChI=1S/C17H24N2O6S/c1-11-8-13(9-15(12(11)2)26(18,23)24)17(22)19(6-5-16(20)21)10-14-4-3-7-25-14/h8-9,14H,3-7,10H2,1-2H3,(H,20,21)(H2,18,23,24). The van der Waals surface area contributed by atoms with Gasteiger partial charge in [0.2, 0.25) is 10.0 Å². The second-order valence-electron chi connectivity index (χ2n) is 6.49. The van der Waals surface area contributed by atoms with Crippen molar-refractivity contribution in [3.8, 4) is 0 Å². The van der Waals surface area contributed by atoms with E-state index in [1.165, 1.54) is 11.0 Å². The smallest absolute Gasteiger partial charge is 0.305 e. The van der Waals surface area contributed by atoms with Gasteiger partial charge in [-0.2, -0.15) is 0 Å². The molecule has 26 heavy (non-hydrogen) atoms. The van der Waals surface area contributed by atoms with Gasteiger partial charge in [0.1, 0.15) is 0 Å². The summed E-state index contributed by atoms with van der Waals surface area (Å²) < 4.78 is 29.1. The number of aliphatic carboxylic acids is 1. The SMILES string of the molecule is Cc1cc(C(=O)N(CCC(=O)O)CC2CCCO2)cc(S(N)(=O)=O)c1C. The van der Waals surface area contributed by atoms with Gasteiger partial charge >= 0.3 is 5.97 Å². The maximum Gasteiger partial charge on any atom is 0.305 e. The number of aryl methyl sites for hydroxylation is 1. The highest BCUT2D eigenvalue weighted by molar-refractivity contribution is 7.89. The van der Waals surface area contributed by atoms with E-state index in [0.717, 1.165) is 12.8 Å². The Balaban J connectivity index is 2.34. The van der Waals surface area contributed by atoms with E-state index in [1.54, 1.807) is 19.9 Å². The summed E-state index contributed by atoms with van der Waals surface area (Å²) >= 11 is 0. The van der Waals surface area contributed by atoms with Crippen molar-refractivity contribution >= 4 is 21.9 Å². The summed E-state index contributed by atoms with van der Waals surface area (Å²) in [6.07, 6.45) is 1.35. The number of rotatable bonds is 7. The number of carboxylic acids is 1. The third-order valence-corrected chi connectivity index (χ3v) is 5.54. The predicted octanol–water partition coefficient (Wildman–Crippen LogP) is 1.05. The minimum Gasteiger partial charge on any atom is -0.481 e. The van der Waals surface area contributed by atoms with Gasteiger partial charge in [-0.1, -0.05) is 0 Å². The Morgan fingerprint density at radius 1 is 1.35 bits per heavy atom. The van der Waals surface area contributed by atoms with Gasteiger partial charge in [-0.15, -0.1) is 0 Å². The summed E-state index contributed by atoms with van der Waals surface area (Å²) in [5.41, 5.74) is 1.27. The highest BCUT2D eigenvalue weighted by atomic mass is 32.2. The monoisotopic (exact) mass is 384 g/mol. The molecule has 0 spiro atoms. The number of ether oxygens (including phenoxy) is 1. The molecule has 9 heteroatoms. The lowest BCUT2D eigenvalue weighted by Crippen LogP contribution is -2.39. The minimum absolute atomic E-state index is 0.0195. The molecule has 0 aromatic heterocycles. The molecule has 1 fully saturated rings. The molecular weight excluding hydrogens is 360 g/mol. The van der Waals surface area contributed by atoms with Crippen LogP contribution in [-0.2, 0) is 19.6 Å². The Bertz CT molecular complexity index is 800. The lowest BCUT2D eigenvalue weighted by atomic mass is 10.0. The van der Waals surface area contributed by atoms with Crippen LogP contribution in [0, 0.1) is 13.8 Å². The molecule has 1 amide bonds. The molecule has 1 saturated heterocycles. The largest absolute Gasteiger partial charge is 0.481 e. The minimum atomic E-state index is -3.98. The van der Waals surface area contributed by atoms with Crippen molar-refractivity contribution in [3.05, 3.63) is 28.8 Å². The molecule has 1 aromatic rings. The van der Waals surface area contributed by atoms with Crippen LogP contribution in [0.5, 0.6) is 0 Å². The van der Waals surface area contributed by atoms with E-state index in [-0.39, 0.29) is 36.1 Å². The van der Waals surface area contributed by atoms with E-state index >= 15 is 0 Å². The van der Waals surface area contributed by atoms with E-state index in [2.05, 4.69) is 0 Å². The van der Waals surface area contributed by atoms with Crippen LogP contribution in [-0.4, -0.2) is 56.1 Å². The van der Waals surface area contributed by atoms with Crippen LogP contribution < -0.4 is 5.14 Å². The van der Waals surface area contributed by atoms with Crippen LogP contribution in [0.15, 0.2) is 17.0 Å². The summed E-state index contributed by atoms with van der Waals surface area (Å²) in [6, 6.07) is 2.85. The first-order valence-electron chi connectivity index (χ1n) is 8.36. The number of benzene rings is 1. The fourth-order valence-electron chi connectivity index (χ4n) is 2.97. The summed E-state index contributed by atoms with van der Waals surface area (Å²) in [6.45, 7) is 4.22. The van der Waals surface area contributed by atoms with Gasteiger partial charge < -0.3 is 14.7 Å². The number of carbonyl (C=O) groups is 2. The molecule has 2 rings (SSSR count). The van der Waals surface area contributed by atoms with E-state index in [9.17, 15) is 18.0 Å². The van der Waals surface area contributed by atoms with Crippen molar-refractivity contribution in [1.82, 2.24) is 4.90 Å². The van der Waals surface area contributed by atoms with Crippen LogP contribution in [0.1, 0.15) is 40.7 Å². The number of amides is 1. The van der Waals surface area contributed by atoms with Gasteiger partial charge in [-0.05, 0) is 49.9 Å². The topological polar surface area (TPSA) is 127 Å². The molecule has 1 aliphatic rings. The number of carboxylic acid groups (broad SMARTS) is 1. The van der Waals surface area contributed by atoms with Gasteiger partial charge in [0, 0.05) is 25.3 Å². The number of hydrogen-bond donors (Lipinski definition) is 2. The van der Waals surface area contributed by atoms with Crippen LogP contribution in [0.25, 0.3) is 0 Å².